The van der Waals surface area contributed by atoms with Crippen molar-refractivity contribution in [3.8, 4) is 0 Å². The molecule has 4 aromatic rings. The lowest BCUT2D eigenvalue weighted by Crippen LogP contribution is -2.29. The minimum Gasteiger partial charge on any atom is -0.505 e. The Bertz CT molecular complexity index is 1720. The topological polar surface area (TPSA) is 114 Å². The predicted octanol–water partition coefficient (Wildman–Crippen LogP) is 4.82. The molecule has 1 amide bonds. The van der Waals surface area contributed by atoms with E-state index in [2.05, 4.69) is 16.5 Å². The van der Waals surface area contributed by atoms with Crippen molar-refractivity contribution in [3.63, 3.8) is 0 Å². The lowest BCUT2D eigenvalue weighted by atomic mass is 9.96. The molecular weight excluding hydrogens is 523 g/mol. The van der Waals surface area contributed by atoms with Gasteiger partial charge in [0, 0.05) is 11.8 Å². The summed E-state index contributed by atoms with van der Waals surface area (Å²) in [5.74, 6) is -3.96. The highest BCUT2D eigenvalue weighted by Gasteiger charge is 2.49. The quantitative estimate of drug-likeness (QED) is 0.121. The number of ketones is 1. The van der Waals surface area contributed by atoms with Crippen molar-refractivity contribution in [1.29, 1.82) is 0 Å². The molecule has 1 unspecified atom stereocenters. The van der Waals surface area contributed by atoms with E-state index in [9.17, 15) is 19.5 Å². The Morgan fingerprint density at radius 3 is 2.62 bits per heavy atom. The van der Waals surface area contributed by atoms with Gasteiger partial charge in [-0.1, -0.05) is 48.3 Å². The number of imidazole rings is 1. The van der Waals surface area contributed by atoms with Crippen molar-refractivity contribution in [2.75, 3.05) is 11.5 Å². The second kappa shape index (κ2) is 9.91. The van der Waals surface area contributed by atoms with Gasteiger partial charge in [0.25, 0.3) is 5.78 Å². The van der Waals surface area contributed by atoms with Crippen molar-refractivity contribution in [1.82, 2.24) is 14.4 Å². The highest BCUT2D eigenvalue weighted by atomic mass is 32.1. The zero-order valence-electron chi connectivity index (χ0n) is 21.3. The van der Waals surface area contributed by atoms with Crippen LogP contribution in [0.25, 0.3) is 11.4 Å². The van der Waals surface area contributed by atoms with Crippen molar-refractivity contribution in [2.45, 2.75) is 26.8 Å². The number of aryl methyl sites for hydroxylation is 3. The highest BCUT2D eigenvalue weighted by Crippen LogP contribution is 2.44. The number of benzene rings is 1. The monoisotopic (exact) mass is 546 g/mol. The number of rotatable bonds is 6. The van der Waals surface area contributed by atoms with E-state index in [0.29, 0.717) is 11.3 Å². The number of anilines is 1. The number of fused-ring (bicyclic) bond motifs is 1. The first-order valence-corrected chi connectivity index (χ1v) is 12.7. The number of aliphatic hydroxyl groups is 1. The zero-order chi connectivity index (χ0) is 28.0. The van der Waals surface area contributed by atoms with Crippen LogP contribution < -0.4 is 4.90 Å². The highest BCUT2D eigenvalue weighted by molar-refractivity contribution is 7.17. The molecule has 4 heterocycles. The maximum atomic E-state index is 15.2. The lowest BCUT2D eigenvalue weighted by molar-refractivity contribution is -0.132. The third kappa shape index (κ3) is 4.20. The fourth-order valence-corrected chi connectivity index (χ4v) is 5.56. The Hall–Kier alpha value is -4.64. The number of aromatic nitrogens is 3. The molecule has 1 N–H and O–H groups in total. The number of hydrogen-bond donors (Lipinski definition) is 1. The number of hydrogen-bond acceptors (Lipinski definition) is 8. The number of aliphatic hydroxyl groups excluding tert-OH is 1. The molecule has 1 aromatic carbocycles. The number of nitrogens with zero attached hydrogens (tertiary/aromatic N) is 4. The van der Waals surface area contributed by atoms with Gasteiger partial charge in [-0.05, 0) is 38.5 Å². The van der Waals surface area contributed by atoms with Gasteiger partial charge in [0.15, 0.2) is 10.9 Å². The van der Waals surface area contributed by atoms with Crippen LogP contribution in [0.15, 0.2) is 60.8 Å². The molecular formula is C28H23FN4O5S. The Kier molecular flexibility index (Phi) is 6.61. The molecule has 1 atom stereocenters. The average molecular weight is 547 g/mol. The molecule has 1 saturated heterocycles. The van der Waals surface area contributed by atoms with Crippen LogP contribution in [-0.4, -0.2) is 43.7 Å². The summed E-state index contributed by atoms with van der Waals surface area (Å²) in [6.45, 7) is 8.61. The summed E-state index contributed by atoms with van der Waals surface area (Å²) in [5.41, 5.74) is 1.92. The number of carbonyl (C=O) groups excluding carboxylic acids is 3. The second-order valence-electron chi connectivity index (χ2n) is 8.92. The van der Waals surface area contributed by atoms with Gasteiger partial charge >= 0.3 is 11.9 Å². The van der Waals surface area contributed by atoms with E-state index < -0.39 is 35.3 Å². The number of carbonyl (C=O) groups is 3. The molecule has 1 aliphatic heterocycles. The second-order valence-corrected chi connectivity index (χ2v) is 9.90. The van der Waals surface area contributed by atoms with E-state index in [-0.39, 0.29) is 39.1 Å². The number of ether oxygens (including phenoxy) is 1. The van der Waals surface area contributed by atoms with E-state index in [1.54, 1.807) is 30.5 Å². The predicted molar refractivity (Wildman–Crippen MR) is 143 cm³/mol. The minimum atomic E-state index is -1.36. The molecule has 198 valence electrons. The molecule has 39 heavy (non-hydrogen) atoms. The van der Waals surface area contributed by atoms with Gasteiger partial charge in [0.2, 0.25) is 0 Å². The van der Waals surface area contributed by atoms with Crippen LogP contribution in [0.5, 0.6) is 0 Å². The Balaban J connectivity index is 1.72. The first-order valence-electron chi connectivity index (χ1n) is 11.9. The first-order chi connectivity index (χ1) is 18.6. The molecule has 5 rings (SSSR count). The summed E-state index contributed by atoms with van der Waals surface area (Å²) in [5, 5.41) is 11.5. The summed E-state index contributed by atoms with van der Waals surface area (Å²) in [6.07, 6.45) is 3.18. The summed E-state index contributed by atoms with van der Waals surface area (Å²) < 4.78 is 22.1. The molecule has 0 radical (unpaired) electrons. The number of halogens is 1. The maximum Gasteiger partial charge on any atom is 0.350 e. The van der Waals surface area contributed by atoms with Crippen LogP contribution >= 0.6 is 11.3 Å². The van der Waals surface area contributed by atoms with Crippen molar-refractivity contribution in [3.05, 3.63) is 99.7 Å². The Morgan fingerprint density at radius 2 is 1.92 bits per heavy atom. The molecule has 0 spiro atoms. The van der Waals surface area contributed by atoms with E-state index in [1.165, 1.54) is 24.3 Å². The number of esters is 1. The smallest absolute Gasteiger partial charge is 0.350 e. The van der Waals surface area contributed by atoms with E-state index in [0.717, 1.165) is 21.8 Å². The molecule has 1 fully saturated rings. The van der Waals surface area contributed by atoms with Crippen LogP contribution in [0, 0.1) is 26.6 Å². The maximum absolute atomic E-state index is 15.2. The molecule has 3 aromatic heterocycles. The summed E-state index contributed by atoms with van der Waals surface area (Å²) in [7, 11) is 0. The zero-order valence-corrected chi connectivity index (χ0v) is 22.1. The van der Waals surface area contributed by atoms with Crippen molar-refractivity contribution < 1.29 is 28.6 Å². The number of pyridine rings is 1. The Morgan fingerprint density at radius 1 is 1.18 bits per heavy atom. The minimum absolute atomic E-state index is 0.0185. The normalized spacial score (nSPS) is 16.7. The largest absolute Gasteiger partial charge is 0.505 e. The summed E-state index contributed by atoms with van der Waals surface area (Å²) >= 11 is 0.830. The van der Waals surface area contributed by atoms with Crippen LogP contribution in [0.1, 0.15) is 43.9 Å². The van der Waals surface area contributed by atoms with Gasteiger partial charge in [-0.3, -0.25) is 14.5 Å². The van der Waals surface area contributed by atoms with Crippen LogP contribution in [0.2, 0.25) is 0 Å². The molecule has 0 bridgehead atoms. The van der Waals surface area contributed by atoms with Gasteiger partial charge < -0.3 is 14.2 Å². The SMILES string of the molecule is C=CCOC(=O)c1sc(N2C(=O)C(=O)C(=C(O)c3nc4c(C)cccn4c3C)C2c2ccccc2F)nc1C. The summed E-state index contributed by atoms with van der Waals surface area (Å²) in [6, 6.07) is 7.96. The van der Waals surface area contributed by atoms with Crippen LogP contribution in [0.3, 0.4) is 0 Å². The standard InChI is InChI=1S/C28H23FN4O5S/c1-5-13-38-27(37)24-15(3)30-28(39-24)33-21(17-10-6-7-11-18(17)29)19(23(35)26(33)36)22(34)20-16(4)32-12-8-9-14(2)25(32)31-20/h5-12,21,34H,1,13H2,2-4H3. The van der Waals surface area contributed by atoms with Gasteiger partial charge in [0.1, 0.15) is 34.7 Å². The molecule has 9 nitrogen and oxygen atoms in total. The van der Waals surface area contributed by atoms with Crippen LogP contribution in [-0.2, 0) is 14.3 Å². The van der Waals surface area contributed by atoms with E-state index >= 15 is 4.39 Å². The van der Waals surface area contributed by atoms with E-state index in [4.69, 9.17) is 4.74 Å². The molecule has 0 saturated carbocycles. The number of Topliss-reactive ketones (excluding diaryl/α,β-unsaturated/α-hetero) is 1. The third-order valence-corrected chi connectivity index (χ3v) is 7.60. The number of amides is 1. The van der Waals surface area contributed by atoms with E-state index in [1.807, 2.05) is 19.1 Å². The van der Waals surface area contributed by atoms with Gasteiger partial charge in [0.05, 0.1) is 17.0 Å². The van der Waals surface area contributed by atoms with Gasteiger partial charge in [-0.2, -0.15) is 0 Å². The Labute approximate surface area is 226 Å². The first kappa shape index (κ1) is 26.0. The lowest BCUT2D eigenvalue weighted by Gasteiger charge is -2.23. The van der Waals surface area contributed by atoms with Gasteiger partial charge in [-0.15, -0.1) is 0 Å². The molecule has 0 aliphatic carbocycles. The van der Waals surface area contributed by atoms with Crippen molar-refractivity contribution in [2.24, 2.45) is 0 Å². The van der Waals surface area contributed by atoms with Crippen molar-refractivity contribution >= 4 is 45.5 Å². The van der Waals surface area contributed by atoms with Crippen LogP contribution in [0.4, 0.5) is 9.52 Å². The van der Waals surface area contributed by atoms with Gasteiger partial charge in [-0.25, -0.2) is 19.2 Å². The molecule has 1 aliphatic rings. The fourth-order valence-electron chi connectivity index (χ4n) is 4.57. The summed E-state index contributed by atoms with van der Waals surface area (Å²) in [4.78, 5) is 49.4. The number of thiazole rings is 1. The third-order valence-electron chi connectivity index (χ3n) is 6.46. The average Bonchev–Trinajstić information content (AvgIpc) is 3.55. The fraction of sp³-hybridized carbons (Fsp3) is 0.179. The molecule has 11 heteroatoms.